The lowest BCUT2D eigenvalue weighted by atomic mass is 9.87. The first-order valence-electron chi connectivity index (χ1n) is 9.39. The number of hydrogen-bond donors (Lipinski definition) is 1. The van der Waals surface area contributed by atoms with E-state index in [2.05, 4.69) is 17.0 Å². The van der Waals surface area contributed by atoms with Crippen LogP contribution in [0.3, 0.4) is 0 Å². The van der Waals surface area contributed by atoms with Crippen molar-refractivity contribution in [1.82, 2.24) is 4.90 Å². The average molecular weight is 403 g/mol. The first kappa shape index (κ1) is 17.2. The molecule has 2 atom stereocenters. The van der Waals surface area contributed by atoms with Gasteiger partial charge in [0.25, 0.3) is 0 Å². The van der Waals surface area contributed by atoms with Crippen molar-refractivity contribution in [2.24, 2.45) is 0 Å². The van der Waals surface area contributed by atoms with Gasteiger partial charge in [0.1, 0.15) is 0 Å². The number of hydrogen-bond acceptors (Lipinski definition) is 2. The van der Waals surface area contributed by atoms with E-state index < -0.39 is 6.09 Å². The zero-order valence-corrected chi connectivity index (χ0v) is 16.3. The molecular weight excluding hydrogens is 383 g/mol. The molecule has 1 amide bonds. The first-order chi connectivity index (χ1) is 13.0. The summed E-state index contributed by atoms with van der Waals surface area (Å²) in [5, 5.41) is 10.7. The second-order valence-electron chi connectivity index (χ2n) is 7.69. The fourth-order valence-corrected chi connectivity index (χ4v) is 5.61. The van der Waals surface area contributed by atoms with Gasteiger partial charge < -0.3 is 14.9 Å². The summed E-state index contributed by atoms with van der Waals surface area (Å²) in [7, 11) is 0. The number of carbonyl (C=O) groups is 1. The van der Waals surface area contributed by atoms with E-state index in [0.717, 1.165) is 36.9 Å². The number of amides is 1. The van der Waals surface area contributed by atoms with Gasteiger partial charge in [0.05, 0.1) is 0 Å². The molecule has 0 spiro atoms. The van der Waals surface area contributed by atoms with Gasteiger partial charge in [0.15, 0.2) is 0 Å². The number of piperidine rings is 1. The number of likely N-dealkylation sites (tertiary alicyclic amines) is 1. The molecule has 6 heteroatoms. The Balaban J connectivity index is 1.64. The smallest absolute Gasteiger partial charge is 0.407 e. The molecule has 3 heterocycles. The van der Waals surface area contributed by atoms with Crippen LogP contribution >= 0.6 is 23.2 Å². The lowest BCUT2D eigenvalue weighted by molar-refractivity contribution is 0.127. The molecule has 140 valence electrons. The minimum absolute atomic E-state index is 0.229. The molecule has 0 unspecified atom stereocenters. The third-order valence-electron chi connectivity index (χ3n) is 6.24. The third-order valence-corrected chi connectivity index (χ3v) is 6.79. The van der Waals surface area contributed by atoms with Crippen LogP contribution in [0, 0.1) is 0 Å². The van der Waals surface area contributed by atoms with Gasteiger partial charge in [-0.15, -0.1) is 0 Å². The Morgan fingerprint density at radius 1 is 1.15 bits per heavy atom. The van der Waals surface area contributed by atoms with E-state index in [0.29, 0.717) is 29.2 Å². The molecule has 0 saturated carbocycles. The molecular formula is C21H20Cl2N2O2. The van der Waals surface area contributed by atoms with Crippen molar-refractivity contribution in [2.75, 3.05) is 24.5 Å². The van der Waals surface area contributed by atoms with Crippen molar-refractivity contribution in [3.63, 3.8) is 0 Å². The van der Waals surface area contributed by atoms with Gasteiger partial charge in [0.2, 0.25) is 0 Å². The van der Waals surface area contributed by atoms with Gasteiger partial charge in [-0.25, -0.2) is 4.79 Å². The van der Waals surface area contributed by atoms with Crippen LogP contribution in [0.25, 0.3) is 11.1 Å². The third kappa shape index (κ3) is 2.69. The highest BCUT2D eigenvalue weighted by Crippen LogP contribution is 2.50. The summed E-state index contributed by atoms with van der Waals surface area (Å²) >= 11 is 12.5. The monoisotopic (exact) mass is 402 g/mol. The number of anilines is 1. The van der Waals surface area contributed by atoms with Crippen molar-refractivity contribution in [1.29, 1.82) is 0 Å². The Hall–Kier alpha value is -1.91. The van der Waals surface area contributed by atoms with Gasteiger partial charge >= 0.3 is 6.09 Å². The maximum atomic E-state index is 11.5. The number of fused-ring (bicyclic) bond motifs is 3. The Bertz CT molecular complexity index is 946. The van der Waals surface area contributed by atoms with Crippen molar-refractivity contribution in [2.45, 2.75) is 31.2 Å². The molecule has 0 aromatic heterocycles. The van der Waals surface area contributed by atoms with E-state index >= 15 is 0 Å². The molecule has 27 heavy (non-hydrogen) atoms. The summed E-state index contributed by atoms with van der Waals surface area (Å²) in [6, 6.07) is 10.5. The zero-order valence-electron chi connectivity index (χ0n) is 14.8. The zero-order chi connectivity index (χ0) is 18.7. The molecule has 1 fully saturated rings. The number of halogens is 2. The van der Waals surface area contributed by atoms with Crippen molar-refractivity contribution in [3.05, 3.63) is 51.5 Å². The molecule has 1 N–H and O–H groups in total. The molecule has 0 aliphatic carbocycles. The Morgan fingerprint density at radius 3 is 2.78 bits per heavy atom. The van der Waals surface area contributed by atoms with E-state index in [1.165, 1.54) is 16.8 Å². The minimum Gasteiger partial charge on any atom is -0.465 e. The molecule has 2 aromatic rings. The number of rotatable bonds is 1. The second-order valence-corrected chi connectivity index (χ2v) is 8.53. The highest BCUT2D eigenvalue weighted by atomic mass is 35.5. The Kier molecular flexibility index (Phi) is 4.03. The van der Waals surface area contributed by atoms with E-state index in [1.54, 1.807) is 11.0 Å². The Morgan fingerprint density at radius 2 is 2.00 bits per heavy atom. The number of benzene rings is 2. The molecule has 2 aromatic carbocycles. The summed E-state index contributed by atoms with van der Waals surface area (Å²) in [4.78, 5) is 15.6. The molecule has 0 bridgehead atoms. The average Bonchev–Trinajstić information content (AvgIpc) is 2.97. The van der Waals surface area contributed by atoms with Gasteiger partial charge in [-0.1, -0.05) is 29.3 Å². The molecule has 3 aliphatic rings. The number of nitrogens with zero attached hydrogens (tertiary/aromatic N) is 2. The summed E-state index contributed by atoms with van der Waals surface area (Å²) in [6.45, 7) is 2.25. The maximum Gasteiger partial charge on any atom is 0.407 e. The summed E-state index contributed by atoms with van der Waals surface area (Å²) < 4.78 is 0. The Labute approximate surface area is 168 Å². The molecule has 0 radical (unpaired) electrons. The molecule has 3 aliphatic heterocycles. The van der Waals surface area contributed by atoms with Crippen LogP contribution in [0.5, 0.6) is 0 Å². The van der Waals surface area contributed by atoms with Gasteiger partial charge in [-0.05, 0) is 60.2 Å². The van der Waals surface area contributed by atoms with Crippen LogP contribution in [-0.2, 0) is 6.42 Å². The van der Waals surface area contributed by atoms with Crippen LogP contribution in [0.4, 0.5) is 10.5 Å². The highest BCUT2D eigenvalue weighted by molar-refractivity contribution is 6.36. The number of aryl methyl sites for hydroxylation is 1. The van der Waals surface area contributed by atoms with Crippen molar-refractivity contribution >= 4 is 35.0 Å². The highest BCUT2D eigenvalue weighted by Gasteiger charge is 2.44. The minimum atomic E-state index is -0.819. The normalized spacial score (nSPS) is 23.2. The summed E-state index contributed by atoms with van der Waals surface area (Å²) in [6.07, 6.45) is 2.26. The summed E-state index contributed by atoms with van der Waals surface area (Å²) in [5.41, 5.74) is 6.06. The lowest BCUT2D eigenvalue weighted by Gasteiger charge is -2.39. The fraction of sp³-hybridized carbons (Fsp3) is 0.381. The fourth-order valence-electron chi connectivity index (χ4n) is 5.10. The van der Waals surface area contributed by atoms with Gasteiger partial charge in [-0.3, -0.25) is 0 Å². The first-order valence-corrected chi connectivity index (χ1v) is 10.2. The van der Waals surface area contributed by atoms with E-state index in [-0.39, 0.29) is 5.92 Å². The largest absolute Gasteiger partial charge is 0.465 e. The van der Waals surface area contributed by atoms with E-state index in [4.69, 9.17) is 23.2 Å². The van der Waals surface area contributed by atoms with Crippen molar-refractivity contribution in [3.8, 4) is 11.1 Å². The van der Waals surface area contributed by atoms with Crippen LogP contribution < -0.4 is 4.90 Å². The summed E-state index contributed by atoms with van der Waals surface area (Å²) in [5.74, 6) is 0.229. The standard InChI is InChI=1S/C21H20Cl2N2O2/c22-14-3-4-15(18(23)10-14)13-8-12-2-1-6-25-19-5-7-24(21(26)27)11-17(19)16(9-13)20(12)25/h3-4,8-10,17,19H,1-2,5-7,11H2,(H,26,27)/t17-,19-/m0/s1. The van der Waals surface area contributed by atoms with Crippen molar-refractivity contribution < 1.29 is 9.90 Å². The van der Waals surface area contributed by atoms with Gasteiger partial charge in [0, 0.05) is 52.9 Å². The van der Waals surface area contributed by atoms with E-state index in [9.17, 15) is 9.90 Å². The molecule has 4 nitrogen and oxygen atoms in total. The number of carboxylic acid groups (broad SMARTS) is 1. The quantitative estimate of drug-likeness (QED) is 0.706. The molecule has 1 saturated heterocycles. The SMILES string of the molecule is O=C(O)N1CC[C@H]2[C@@H](C1)c1cc(-c3ccc(Cl)cc3Cl)cc3c1N2CCC3. The predicted molar refractivity (Wildman–Crippen MR) is 108 cm³/mol. The van der Waals surface area contributed by atoms with E-state index in [1.807, 2.05) is 12.1 Å². The van der Waals surface area contributed by atoms with Gasteiger partial charge in [-0.2, -0.15) is 0 Å². The van der Waals surface area contributed by atoms with Crippen LogP contribution in [0.1, 0.15) is 29.9 Å². The maximum absolute atomic E-state index is 11.5. The van der Waals surface area contributed by atoms with Crippen LogP contribution in [0.2, 0.25) is 10.0 Å². The van der Waals surface area contributed by atoms with Crippen LogP contribution in [-0.4, -0.2) is 41.8 Å². The lowest BCUT2D eigenvalue weighted by Crippen LogP contribution is -2.48. The predicted octanol–water partition coefficient (Wildman–Crippen LogP) is 5.26. The van der Waals surface area contributed by atoms with Crippen LogP contribution in [0.15, 0.2) is 30.3 Å². The second kappa shape index (κ2) is 6.32. The topological polar surface area (TPSA) is 43.8 Å². The molecule has 5 rings (SSSR count).